The maximum absolute atomic E-state index is 10.8. The predicted molar refractivity (Wildman–Crippen MR) is 92.3 cm³/mol. The zero-order chi connectivity index (χ0) is 17.5. The monoisotopic (exact) mass is 325 g/mol. The molecule has 0 aliphatic carbocycles. The number of benzene rings is 1. The summed E-state index contributed by atoms with van der Waals surface area (Å²) in [7, 11) is 8.85. The van der Waals surface area contributed by atoms with Crippen LogP contribution in [0.25, 0.3) is 0 Å². The van der Waals surface area contributed by atoms with Crippen LogP contribution in [0.1, 0.15) is 23.2 Å². The Bertz CT molecular complexity index is 516. The quantitative estimate of drug-likeness (QED) is 0.373. The molecule has 1 rings (SSSR count). The average molecular weight is 325 g/mol. The predicted octanol–water partition coefficient (Wildman–Crippen LogP) is 0.503. The number of carbonyl (C=O) groups is 1. The summed E-state index contributed by atoms with van der Waals surface area (Å²) in [4.78, 5) is 12.3. The van der Waals surface area contributed by atoms with Crippen molar-refractivity contribution in [3.05, 3.63) is 23.8 Å². The third-order valence-electron chi connectivity index (χ3n) is 3.94. The SMILES string of the molecule is C[NH+](C)CCC[N+](C)(C)CCCNc1ccc(C(=O)O)c(O)c1. The van der Waals surface area contributed by atoms with Crippen molar-refractivity contribution in [1.82, 2.24) is 0 Å². The maximum atomic E-state index is 10.8. The number of anilines is 1. The molecule has 0 amide bonds. The van der Waals surface area contributed by atoms with Gasteiger partial charge in [0.2, 0.25) is 0 Å². The number of aromatic carboxylic acids is 1. The Morgan fingerprint density at radius 3 is 2.43 bits per heavy atom. The summed E-state index contributed by atoms with van der Waals surface area (Å²) in [6, 6.07) is 4.57. The standard InChI is InChI=1S/C17H29N3O3/c1-19(2)10-6-12-20(3,4)11-5-9-18-14-7-8-15(17(22)23)16(21)13-14/h7-8,13,18H,5-6,9-12H2,1-4H3,(H-,21,22,23)/p+2. The Kier molecular flexibility index (Phi) is 7.32. The molecule has 0 radical (unpaired) electrons. The van der Waals surface area contributed by atoms with E-state index in [1.54, 1.807) is 6.07 Å². The first-order chi connectivity index (χ1) is 10.7. The van der Waals surface area contributed by atoms with Crippen molar-refractivity contribution in [2.45, 2.75) is 12.8 Å². The molecule has 0 aliphatic heterocycles. The normalized spacial score (nSPS) is 11.7. The molecular formula is C17H31N3O3+2. The maximum Gasteiger partial charge on any atom is 0.339 e. The van der Waals surface area contributed by atoms with Crippen LogP contribution < -0.4 is 10.2 Å². The Balaban J connectivity index is 2.34. The number of rotatable bonds is 10. The number of aromatic hydroxyl groups is 1. The van der Waals surface area contributed by atoms with Crippen molar-refractivity contribution in [2.24, 2.45) is 0 Å². The lowest BCUT2D eigenvalue weighted by molar-refractivity contribution is -0.899. The molecule has 0 atom stereocenters. The van der Waals surface area contributed by atoms with E-state index in [1.165, 1.54) is 36.5 Å². The summed E-state index contributed by atoms with van der Waals surface area (Å²) in [5.74, 6) is -1.32. The second-order valence-electron chi connectivity index (χ2n) is 7.01. The molecule has 0 fully saturated rings. The van der Waals surface area contributed by atoms with Crippen molar-refractivity contribution in [3.8, 4) is 5.75 Å². The first-order valence-corrected chi connectivity index (χ1v) is 8.12. The van der Waals surface area contributed by atoms with Crippen LogP contribution in [0, 0.1) is 0 Å². The first kappa shape index (κ1) is 19.3. The van der Waals surface area contributed by atoms with Gasteiger partial charge in [-0.25, -0.2) is 4.79 Å². The van der Waals surface area contributed by atoms with Gasteiger partial charge in [0.25, 0.3) is 0 Å². The highest BCUT2D eigenvalue weighted by Gasteiger charge is 2.15. The van der Waals surface area contributed by atoms with Gasteiger partial charge in [0.1, 0.15) is 11.3 Å². The highest BCUT2D eigenvalue weighted by atomic mass is 16.4. The molecule has 4 N–H and O–H groups in total. The molecule has 0 saturated heterocycles. The Morgan fingerprint density at radius 2 is 1.87 bits per heavy atom. The highest BCUT2D eigenvalue weighted by Crippen LogP contribution is 2.21. The van der Waals surface area contributed by atoms with E-state index in [2.05, 4.69) is 33.5 Å². The summed E-state index contributed by atoms with van der Waals surface area (Å²) < 4.78 is 0.998. The van der Waals surface area contributed by atoms with Gasteiger partial charge in [-0.15, -0.1) is 0 Å². The van der Waals surface area contributed by atoms with Gasteiger partial charge < -0.3 is 24.9 Å². The third-order valence-corrected chi connectivity index (χ3v) is 3.94. The minimum Gasteiger partial charge on any atom is -0.507 e. The van der Waals surface area contributed by atoms with Gasteiger partial charge in [0.15, 0.2) is 0 Å². The Hall–Kier alpha value is -1.79. The highest BCUT2D eigenvalue weighted by molar-refractivity contribution is 5.91. The molecule has 1 aromatic carbocycles. The number of carboxylic acid groups (broad SMARTS) is 1. The fraction of sp³-hybridized carbons (Fsp3) is 0.588. The third kappa shape index (κ3) is 7.34. The number of carboxylic acids is 1. The van der Waals surface area contributed by atoms with E-state index >= 15 is 0 Å². The van der Waals surface area contributed by atoms with Crippen molar-refractivity contribution in [3.63, 3.8) is 0 Å². The summed E-state index contributed by atoms with van der Waals surface area (Å²) in [6.45, 7) is 4.23. The van der Waals surface area contributed by atoms with Gasteiger partial charge in [0.05, 0.1) is 47.8 Å². The van der Waals surface area contributed by atoms with E-state index in [1.807, 2.05) is 0 Å². The lowest BCUT2D eigenvalue weighted by atomic mass is 10.2. The van der Waals surface area contributed by atoms with Crippen molar-refractivity contribution < 1.29 is 24.4 Å². The molecule has 23 heavy (non-hydrogen) atoms. The van der Waals surface area contributed by atoms with E-state index in [0.29, 0.717) is 0 Å². The summed E-state index contributed by atoms with van der Waals surface area (Å²) in [5, 5.41) is 21.8. The zero-order valence-electron chi connectivity index (χ0n) is 14.7. The molecule has 1 aromatic rings. The molecule has 0 aromatic heterocycles. The van der Waals surface area contributed by atoms with E-state index in [0.717, 1.165) is 29.7 Å². The molecule has 0 unspecified atom stereocenters. The molecule has 0 spiro atoms. The summed E-state index contributed by atoms with van der Waals surface area (Å²) >= 11 is 0. The van der Waals surface area contributed by atoms with Gasteiger partial charge in [-0.2, -0.15) is 0 Å². The van der Waals surface area contributed by atoms with Gasteiger partial charge in [-0.3, -0.25) is 0 Å². The molecule has 6 heteroatoms. The second kappa shape index (κ2) is 8.74. The fourth-order valence-corrected chi connectivity index (χ4v) is 2.53. The van der Waals surface area contributed by atoms with Gasteiger partial charge in [-0.1, -0.05) is 0 Å². The van der Waals surface area contributed by atoms with Crippen molar-refractivity contribution in [1.29, 1.82) is 0 Å². The summed E-state index contributed by atoms with van der Waals surface area (Å²) in [5.41, 5.74) is 0.672. The topological polar surface area (TPSA) is 74.0 Å². The van der Waals surface area contributed by atoms with E-state index in [9.17, 15) is 9.90 Å². The first-order valence-electron chi connectivity index (χ1n) is 8.12. The van der Waals surface area contributed by atoms with Gasteiger partial charge in [0, 0.05) is 31.1 Å². The molecule has 0 bridgehead atoms. The number of hydrogen-bond acceptors (Lipinski definition) is 3. The van der Waals surface area contributed by atoms with Crippen LogP contribution in [-0.4, -0.2) is 75.0 Å². The minimum atomic E-state index is -1.12. The minimum absolute atomic E-state index is 0.0728. The zero-order valence-corrected chi connectivity index (χ0v) is 14.7. The number of quaternary nitrogens is 2. The average Bonchev–Trinajstić information content (AvgIpc) is 2.42. The molecule has 0 aliphatic rings. The molecular weight excluding hydrogens is 294 g/mol. The van der Waals surface area contributed by atoms with E-state index in [4.69, 9.17) is 5.11 Å². The van der Waals surface area contributed by atoms with Gasteiger partial charge in [-0.05, 0) is 12.1 Å². The van der Waals surface area contributed by atoms with Crippen LogP contribution in [0.3, 0.4) is 0 Å². The number of phenols is 1. The molecule has 0 heterocycles. The summed E-state index contributed by atoms with van der Waals surface area (Å²) in [6.07, 6.45) is 2.23. The Labute approximate surface area is 138 Å². The van der Waals surface area contributed by atoms with Crippen LogP contribution in [0.4, 0.5) is 5.69 Å². The lowest BCUT2D eigenvalue weighted by Gasteiger charge is -2.30. The molecule has 6 nitrogen and oxygen atoms in total. The van der Waals surface area contributed by atoms with Crippen molar-refractivity contribution in [2.75, 3.05) is 59.7 Å². The molecule has 130 valence electrons. The Morgan fingerprint density at radius 1 is 1.22 bits per heavy atom. The van der Waals surface area contributed by atoms with Crippen LogP contribution in [0.5, 0.6) is 5.75 Å². The fourth-order valence-electron chi connectivity index (χ4n) is 2.53. The second-order valence-corrected chi connectivity index (χ2v) is 7.01. The molecule has 0 saturated carbocycles. The number of hydrogen-bond donors (Lipinski definition) is 4. The largest absolute Gasteiger partial charge is 0.507 e. The smallest absolute Gasteiger partial charge is 0.339 e. The van der Waals surface area contributed by atoms with Crippen LogP contribution in [0.2, 0.25) is 0 Å². The van der Waals surface area contributed by atoms with Crippen LogP contribution in [-0.2, 0) is 0 Å². The van der Waals surface area contributed by atoms with Crippen LogP contribution >= 0.6 is 0 Å². The lowest BCUT2D eigenvalue weighted by Crippen LogP contribution is -3.05. The van der Waals surface area contributed by atoms with E-state index < -0.39 is 5.97 Å². The van der Waals surface area contributed by atoms with E-state index in [-0.39, 0.29) is 11.3 Å². The number of nitrogens with zero attached hydrogens (tertiary/aromatic N) is 1. The van der Waals surface area contributed by atoms with Crippen molar-refractivity contribution >= 4 is 11.7 Å². The number of nitrogens with one attached hydrogen (secondary N) is 2. The van der Waals surface area contributed by atoms with Crippen LogP contribution in [0.15, 0.2) is 18.2 Å². The van der Waals surface area contributed by atoms with Gasteiger partial charge >= 0.3 is 5.97 Å².